The lowest BCUT2D eigenvalue weighted by atomic mass is 9.69. The molecular weight excluding hydrogens is 210 g/mol. The summed E-state index contributed by atoms with van der Waals surface area (Å²) in [4.78, 5) is 11.9. The van der Waals surface area contributed by atoms with Gasteiger partial charge in [0.1, 0.15) is 0 Å². The first-order chi connectivity index (χ1) is 7.80. The lowest BCUT2D eigenvalue weighted by molar-refractivity contribution is -0.126. The van der Waals surface area contributed by atoms with Crippen LogP contribution in [-0.2, 0) is 4.79 Å². The maximum absolute atomic E-state index is 11.9. The highest BCUT2D eigenvalue weighted by Crippen LogP contribution is 2.39. The van der Waals surface area contributed by atoms with Crippen molar-refractivity contribution in [3.05, 3.63) is 0 Å². The Hall–Kier alpha value is -0.530. The monoisotopic (exact) mass is 239 g/mol. The van der Waals surface area contributed by atoms with Gasteiger partial charge in [-0.3, -0.25) is 4.79 Å². The van der Waals surface area contributed by atoms with E-state index in [1.165, 1.54) is 12.8 Å². The van der Waals surface area contributed by atoms with E-state index in [9.17, 15) is 4.79 Å². The van der Waals surface area contributed by atoms with Gasteiger partial charge in [-0.05, 0) is 42.9 Å². The number of hydrogen-bond acceptors (Lipinski definition) is 1. The second-order valence-electron chi connectivity index (χ2n) is 7.05. The summed E-state index contributed by atoms with van der Waals surface area (Å²) >= 11 is 0. The number of carbonyl (C=O) groups is 1. The van der Waals surface area contributed by atoms with Gasteiger partial charge in [0.15, 0.2) is 0 Å². The van der Waals surface area contributed by atoms with Gasteiger partial charge in [0.2, 0.25) is 5.91 Å². The van der Waals surface area contributed by atoms with E-state index in [4.69, 9.17) is 0 Å². The molecule has 0 aromatic rings. The Morgan fingerprint density at radius 1 is 1.18 bits per heavy atom. The Balaban J connectivity index is 2.34. The highest BCUT2D eigenvalue weighted by molar-refractivity contribution is 5.78. The van der Waals surface area contributed by atoms with Crippen molar-refractivity contribution in [3.63, 3.8) is 0 Å². The Bertz CT molecular complexity index is 244. The van der Waals surface area contributed by atoms with Crippen molar-refractivity contribution in [1.29, 1.82) is 0 Å². The second kappa shape index (κ2) is 5.88. The molecule has 1 aliphatic carbocycles. The lowest BCUT2D eigenvalue weighted by Gasteiger charge is -2.36. The summed E-state index contributed by atoms with van der Waals surface area (Å²) in [6.07, 6.45) is 4.57. The van der Waals surface area contributed by atoms with Gasteiger partial charge in [0.25, 0.3) is 0 Å². The van der Waals surface area contributed by atoms with Gasteiger partial charge in [-0.25, -0.2) is 0 Å². The van der Waals surface area contributed by atoms with Crippen LogP contribution < -0.4 is 5.32 Å². The van der Waals surface area contributed by atoms with Crippen LogP contribution in [0.15, 0.2) is 0 Å². The molecule has 0 saturated heterocycles. The smallest absolute Gasteiger partial charge is 0.223 e. The van der Waals surface area contributed by atoms with E-state index in [0.717, 1.165) is 25.3 Å². The molecule has 100 valence electrons. The van der Waals surface area contributed by atoms with Crippen LogP contribution in [0.1, 0.15) is 60.3 Å². The SMILES string of the molecule is CC(C)CNC(=O)C1CCC(C(C)(C)C)CC1. The Morgan fingerprint density at radius 3 is 2.12 bits per heavy atom. The van der Waals surface area contributed by atoms with Crippen LogP contribution in [0.2, 0.25) is 0 Å². The second-order valence-corrected chi connectivity index (χ2v) is 7.05. The zero-order valence-corrected chi connectivity index (χ0v) is 12.2. The third-order valence-electron chi connectivity index (χ3n) is 4.01. The number of rotatable bonds is 3. The molecule has 0 radical (unpaired) electrons. The molecule has 1 amide bonds. The van der Waals surface area contributed by atoms with E-state index >= 15 is 0 Å². The molecule has 0 bridgehead atoms. The minimum atomic E-state index is 0.271. The molecule has 1 saturated carbocycles. The normalized spacial score (nSPS) is 26.0. The molecule has 2 heteroatoms. The summed E-state index contributed by atoms with van der Waals surface area (Å²) in [5.41, 5.74) is 0.402. The van der Waals surface area contributed by atoms with Crippen molar-refractivity contribution >= 4 is 5.91 Å². The zero-order valence-electron chi connectivity index (χ0n) is 12.2. The Morgan fingerprint density at radius 2 is 1.71 bits per heavy atom. The van der Waals surface area contributed by atoms with Crippen molar-refractivity contribution in [2.24, 2.45) is 23.2 Å². The van der Waals surface area contributed by atoms with Crippen molar-refractivity contribution < 1.29 is 4.79 Å². The van der Waals surface area contributed by atoms with Crippen LogP contribution in [-0.4, -0.2) is 12.5 Å². The fourth-order valence-electron chi connectivity index (χ4n) is 2.67. The van der Waals surface area contributed by atoms with Gasteiger partial charge in [0, 0.05) is 12.5 Å². The molecule has 0 atom stereocenters. The van der Waals surface area contributed by atoms with E-state index in [-0.39, 0.29) is 11.8 Å². The molecule has 0 spiro atoms. The van der Waals surface area contributed by atoms with E-state index in [1.807, 2.05) is 0 Å². The predicted octanol–water partition coefficient (Wildman–Crippen LogP) is 3.61. The van der Waals surface area contributed by atoms with Gasteiger partial charge in [-0.2, -0.15) is 0 Å². The minimum absolute atomic E-state index is 0.271. The largest absolute Gasteiger partial charge is 0.356 e. The van der Waals surface area contributed by atoms with Crippen LogP contribution in [0.5, 0.6) is 0 Å². The van der Waals surface area contributed by atoms with Gasteiger partial charge < -0.3 is 5.32 Å². The molecule has 17 heavy (non-hydrogen) atoms. The Labute approximate surface area is 107 Å². The van der Waals surface area contributed by atoms with E-state index in [1.54, 1.807) is 0 Å². The fourth-order valence-corrected chi connectivity index (χ4v) is 2.67. The molecule has 0 aromatic carbocycles. The van der Waals surface area contributed by atoms with E-state index < -0.39 is 0 Å². The molecule has 2 nitrogen and oxygen atoms in total. The van der Waals surface area contributed by atoms with Crippen molar-refractivity contribution in [2.75, 3.05) is 6.54 Å². The number of amides is 1. The van der Waals surface area contributed by atoms with Crippen LogP contribution in [0.25, 0.3) is 0 Å². The maximum atomic E-state index is 11.9. The summed E-state index contributed by atoms with van der Waals surface area (Å²) in [5, 5.41) is 3.07. The van der Waals surface area contributed by atoms with Crippen LogP contribution in [0.3, 0.4) is 0 Å². The van der Waals surface area contributed by atoms with Gasteiger partial charge >= 0.3 is 0 Å². The van der Waals surface area contributed by atoms with Gasteiger partial charge in [-0.1, -0.05) is 34.6 Å². The predicted molar refractivity (Wildman–Crippen MR) is 72.8 cm³/mol. The third kappa shape index (κ3) is 4.69. The molecular formula is C15H29NO. The van der Waals surface area contributed by atoms with E-state index in [0.29, 0.717) is 11.3 Å². The molecule has 0 aromatic heterocycles. The zero-order chi connectivity index (χ0) is 13.1. The average Bonchev–Trinajstić information content (AvgIpc) is 2.25. The molecule has 1 rings (SSSR count). The molecule has 1 N–H and O–H groups in total. The molecule has 1 aliphatic rings. The number of carbonyl (C=O) groups excluding carboxylic acids is 1. The summed E-state index contributed by atoms with van der Waals surface area (Å²) in [5.74, 6) is 1.89. The highest BCUT2D eigenvalue weighted by Gasteiger charge is 2.32. The first-order valence-electron chi connectivity index (χ1n) is 7.08. The van der Waals surface area contributed by atoms with Crippen molar-refractivity contribution in [2.45, 2.75) is 60.3 Å². The van der Waals surface area contributed by atoms with Crippen molar-refractivity contribution in [1.82, 2.24) is 5.32 Å². The van der Waals surface area contributed by atoms with Crippen LogP contribution in [0, 0.1) is 23.2 Å². The number of hydrogen-bond donors (Lipinski definition) is 1. The van der Waals surface area contributed by atoms with Crippen molar-refractivity contribution in [3.8, 4) is 0 Å². The lowest BCUT2D eigenvalue weighted by Crippen LogP contribution is -2.36. The Kier molecular flexibility index (Phi) is 5.03. The quantitative estimate of drug-likeness (QED) is 0.801. The molecule has 0 aliphatic heterocycles. The summed E-state index contributed by atoms with van der Waals surface area (Å²) < 4.78 is 0. The summed E-state index contributed by atoms with van der Waals surface area (Å²) in [7, 11) is 0. The molecule has 0 unspecified atom stereocenters. The minimum Gasteiger partial charge on any atom is -0.356 e. The standard InChI is InChI=1S/C15H29NO/c1-11(2)10-16-14(17)12-6-8-13(9-7-12)15(3,4)5/h11-13H,6-10H2,1-5H3,(H,16,17). The number of nitrogens with one attached hydrogen (secondary N) is 1. The molecule has 0 heterocycles. The summed E-state index contributed by atoms with van der Waals surface area (Å²) in [6.45, 7) is 12.0. The maximum Gasteiger partial charge on any atom is 0.223 e. The van der Waals surface area contributed by atoms with E-state index in [2.05, 4.69) is 39.9 Å². The summed E-state index contributed by atoms with van der Waals surface area (Å²) in [6, 6.07) is 0. The highest BCUT2D eigenvalue weighted by atomic mass is 16.1. The topological polar surface area (TPSA) is 29.1 Å². The van der Waals surface area contributed by atoms with Crippen LogP contribution in [0.4, 0.5) is 0 Å². The van der Waals surface area contributed by atoms with Crippen LogP contribution >= 0.6 is 0 Å². The first kappa shape index (κ1) is 14.5. The molecule has 1 fully saturated rings. The van der Waals surface area contributed by atoms with Gasteiger partial charge in [0.05, 0.1) is 0 Å². The first-order valence-corrected chi connectivity index (χ1v) is 7.08. The fraction of sp³-hybridized carbons (Fsp3) is 0.933. The van der Waals surface area contributed by atoms with Gasteiger partial charge in [-0.15, -0.1) is 0 Å². The average molecular weight is 239 g/mol. The third-order valence-corrected chi connectivity index (χ3v) is 4.01.